The summed E-state index contributed by atoms with van der Waals surface area (Å²) in [6, 6.07) is 10.6. The summed E-state index contributed by atoms with van der Waals surface area (Å²) in [7, 11) is 2.93. The van der Waals surface area contributed by atoms with Gasteiger partial charge in [-0.2, -0.15) is 0 Å². The third-order valence-corrected chi connectivity index (χ3v) is 3.85. The van der Waals surface area contributed by atoms with Gasteiger partial charge in [0.1, 0.15) is 11.5 Å². The molecule has 0 bridgehead atoms. The number of phenols is 1. The fraction of sp³-hybridized carbons (Fsp3) is 0.227. The van der Waals surface area contributed by atoms with E-state index in [0.717, 1.165) is 5.56 Å². The van der Waals surface area contributed by atoms with Crippen LogP contribution in [-0.4, -0.2) is 25.3 Å². The van der Waals surface area contributed by atoms with E-state index >= 15 is 0 Å². The van der Waals surface area contributed by atoms with E-state index in [4.69, 9.17) is 9.47 Å². The minimum atomic E-state index is -0.398. The van der Waals surface area contributed by atoms with Crippen molar-refractivity contribution in [2.45, 2.75) is 13.8 Å². The number of carbonyl (C=O) groups excluding carboxylic acids is 1. The molecule has 0 saturated carbocycles. The Morgan fingerprint density at radius 1 is 1.00 bits per heavy atom. The number of benzene rings is 2. The SMILES string of the molecule is COC(=O)c1ccccc1/C=C/c1cc(/C=C/C(C)C)c(OC)cc1O. The van der Waals surface area contributed by atoms with Gasteiger partial charge >= 0.3 is 5.97 Å². The first-order valence-electron chi connectivity index (χ1n) is 8.41. The second kappa shape index (κ2) is 8.90. The predicted octanol–water partition coefficient (Wildman–Crippen LogP) is 5.03. The molecule has 2 aromatic carbocycles. The molecule has 2 rings (SSSR count). The Hall–Kier alpha value is -3.01. The van der Waals surface area contributed by atoms with Crippen LogP contribution in [0, 0.1) is 5.92 Å². The molecule has 0 radical (unpaired) electrons. The molecule has 0 aliphatic carbocycles. The molecule has 26 heavy (non-hydrogen) atoms. The first kappa shape index (κ1) is 19.3. The number of hydrogen-bond donors (Lipinski definition) is 1. The lowest BCUT2D eigenvalue weighted by molar-refractivity contribution is 0.0600. The Kier molecular flexibility index (Phi) is 6.61. The van der Waals surface area contributed by atoms with Crippen molar-refractivity contribution in [1.82, 2.24) is 0 Å². The zero-order chi connectivity index (χ0) is 19.1. The Morgan fingerprint density at radius 2 is 1.69 bits per heavy atom. The maximum Gasteiger partial charge on any atom is 0.338 e. The highest BCUT2D eigenvalue weighted by Crippen LogP contribution is 2.31. The van der Waals surface area contributed by atoms with E-state index in [1.165, 1.54) is 7.11 Å². The van der Waals surface area contributed by atoms with Gasteiger partial charge in [-0.25, -0.2) is 4.79 Å². The van der Waals surface area contributed by atoms with E-state index in [1.807, 2.05) is 24.3 Å². The number of phenolic OH excluding ortho intramolecular Hbond substituents is 1. The van der Waals surface area contributed by atoms with E-state index in [0.29, 0.717) is 28.4 Å². The maximum absolute atomic E-state index is 11.9. The number of carbonyl (C=O) groups is 1. The van der Waals surface area contributed by atoms with Gasteiger partial charge in [-0.1, -0.05) is 56.4 Å². The highest BCUT2D eigenvalue weighted by Gasteiger charge is 2.10. The third kappa shape index (κ3) is 4.76. The lowest BCUT2D eigenvalue weighted by atomic mass is 10.0. The molecule has 0 spiro atoms. The molecule has 0 atom stereocenters. The molecule has 1 N–H and O–H groups in total. The quantitative estimate of drug-likeness (QED) is 0.585. The zero-order valence-corrected chi connectivity index (χ0v) is 15.5. The Morgan fingerprint density at radius 3 is 2.35 bits per heavy atom. The van der Waals surface area contributed by atoms with E-state index in [1.54, 1.807) is 37.5 Å². The molecular formula is C22H24O4. The number of aromatic hydroxyl groups is 1. The summed E-state index contributed by atoms with van der Waals surface area (Å²) in [5.41, 5.74) is 2.70. The minimum absolute atomic E-state index is 0.107. The van der Waals surface area contributed by atoms with Crippen LogP contribution in [0.3, 0.4) is 0 Å². The average molecular weight is 352 g/mol. The van der Waals surface area contributed by atoms with Gasteiger partial charge in [-0.3, -0.25) is 0 Å². The molecular weight excluding hydrogens is 328 g/mol. The number of esters is 1. The van der Waals surface area contributed by atoms with Gasteiger partial charge in [0.2, 0.25) is 0 Å². The van der Waals surface area contributed by atoms with Crippen molar-refractivity contribution in [3.8, 4) is 11.5 Å². The van der Waals surface area contributed by atoms with Crippen LogP contribution in [0.15, 0.2) is 42.5 Å². The van der Waals surface area contributed by atoms with Crippen molar-refractivity contribution >= 4 is 24.2 Å². The number of allylic oxidation sites excluding steroid dienone is 1. The number of rotatable bonds is 6. The molecule has 2 aromatic rings. The summed E-state index contributed by atoms with van der Waals surface area (Å²) in [5, 5.41) is 10.3. The van der Waals surface area contributed by atoms with Crippen molar-refractivity contribution < 1.29 is 19.4 Å². The largest absolute Gasteiger partial charge is 0.507 e. The molecule has 0 aliphatic heterocycles. The monoisotopic (exact) mass is 352 g/mol. The predicted molar refractivity (Wildman–Crippen MR) is 105 cm³/mol. The summed E-state index contributed by atoms with van der Waals surface area (Å²) < 4.78 is 10.2. The lowest BCUT2D eigenvalue weighted by Gasteiger charge is -2.09. The van der Waals surface area contributed by atoms with Gasteiger partial charge in [0, 0.05) is 17.2 Å². The van der Waals surface area contributed by atoms with Gasteiger partial charge in [-0.15, -0.1) is 0 Å². The highest BCUT2D eigenvalue weighted by molar-refractivity contribution is 5.95. The standard InChI is InChI=1S/C22H24O4/c1-15(2)9-10-18-13-17(20(23)14-21(18)25-3)12-11-16-7-5-6-8-19(16)22(24)26-4/h5-15,23H,1-4H3/b10-9+,12-11+. The van der Waals surface area contributed by atoms with Crippen LogP contribution in [0.25, 0.3) is 18.2 Å². The first-order valence-corrected chi connectivity index (χ1v) is 8.41. The molecule has 136 valence electrons. The molecule has 4 heteroatoms. The molecule has 0 unspecified atom stereocenters. The van der Waals surface area contributed by atoms with E-state index < -0.39 is 5.97 Å². The Labute approximate surface area is 154 Å². The lowest BCUT2D eigenvalue weighted by Crippen LogP contribution is -2.03. The summed E-state index contributed by atoms with van der Waals surface area (Å²) in [4.78, 5) is 11.9. The fourth-order valence-corrected chi connectivity index (χ4v) is 2.46. The van der Waals surface area contributed by atoms with Crippen LogP contribution in [0.2, 0.25) is 0 Å². The van der Waals surface area contributed by atoms with Crippen LogP contribution in [-0.2, 0) is 4.74 Å². The summed E-state index contributed by atoms with van der Waals surface area (Å²) >= 11 is 0. The summed E-state index contributed by atoms with van der Waals surface area (Å²) in [6.45, 7) is 4.18. The van der Waals surface area contributed by atoms with Gasteiger partial charge in [-0.05, 0) is 23.6 Å². The Bertz CT molecular complexity index is 832. The van der Waals surface area contributed by atoms with E-state index in [-0.39, 0.29) is 5.75 Å². The molecule has 0 saturated heterocycles. The van der Waals surface area contributed by atoms with Crippen molar-refractivity contribution in [1.29, 1.82) is 0 Å². The zero-order valence-electron chi connectivity index (χ0n) is 15.5. The second-order valence-corrected chi connectivity index (χ2v) is 6.17. The van der Waals surface area contributed by atoms with E-state index in [9.17, 15) is 9.90 Å². The highest BCUT2D eigenvalue weighted by atomic mass is 16.5. The third-order valence-electron chi connectivity index (χ3n) is 3.85. The molecule has 0 aromatic heterocycles. The van der Waals surface area contributed by atoms with Crippen molar-refractivity contribution in [2.75, 3.05) is 14.2 Å². The first-order chi connectivity index (χ1) is 12.5. The van der Waals surface area contributed by atoms with Crippen molar-refractivity contribution in [2.24, 2.45) is 5.92 Å². The maximum atomic E-state index is 11.9. The normalized spacial score (nSPS) is 11.4. The Balaban J connectivity index is 2.42. The molecule has 0 amide bonds. The van der Waals surface area contributed by atoms with Crippen LogP contribution in [0.1, 0.15) is 40.9 Å². The van der Waals surface area contributed by atoms with Crippen LogP contribution in [0.5, 0.6) is 11.5 Å². The van der Waals surface area contributed by atoms with Gasteiger partial charge in [0.05, 0.1) is 19.8 Å². The van der Waals surface area contributed by atoms with Crippen molar-refractivity contribution in [3.63, 3.8) is 0 Å². The number of methoxy groups -OCH3 is 2. The minimum Gasteiger partial charge on any atom is -0.507 e. The van der Waals surface area contributed by atoms with E-state index in [2.05, 4.69) is 19.9 Å². The van der Waals surface area contributed by atoms with Crippen LogP contribution >= 0.6 is 0 Å². The summed E-state index contributed by atoms with van der Waals surface area (Å²) in [6.07, 6.45) is 7.59. The number of hydrogen-bond acceptors (Lipinski definition) is 4. The topological polar surface area (TPSA) is 55.8 Å². The smallest absolute Gasteiger partial charge is 0.338 e. The van der Waals surface area contributed by atoms with Gasteiger partial charge in [0.15, 0.2) is 0 Å². The molecule has 0 fully saturated rings. The average Bonchev–Trinajstić information content (AvgIpc) is 2.65. The van der Waals surface area contributed by atoms with Crippen LogP contribution < -0.4 is 4.74 Å². The number of ether oxygens (including phenoxy) is 2. The van der Waals surface area contributed by atoms with Crippen LogP contribution in [0.4, 0.5) is 0 Å². The van der Waals surface area contributed by atoms with Crippen molar-refractivity contribution in [3.05, 3.63) is 64.7 Å². The van der Waals surface area contributed by atoms with Gasteiger partial charge in [0.25, 0.3) is 0 Å². The fourth-order valence-electron chi connectivity index (χ4n) is 2.46. The molecule has 0 aliphatic rings. The molecule has 0 heterocycles. The second-order valence-electron chi connectivity index (χ2n) is 6.17. The summed E-state index contributed by atoms with van der Waals surface area (Å²) in [5.74, 6) is 0.714. The molecule has 4 nitrogen and oxygen atoms in total. The van der Waals surface area contributed by atoms with Gasteiger partial charge < -0.3 is 14.6 Å².